The first-order valence-electron chi connectivity index (χ1n) is 11.5. The van der Waals surface area contributed by atoms with E-state index in [-0.39, 0.29) is 30.8 Å². The molecule has 0 radical (unpaired) electrons. The summed E-state index contributed by atoms with van der Waals surface area (Å²) in [4.78, 5) is 28.2. The van der Waals surface area contributed by atoms with E-state index in [0.717, 1.165) is 23.1 Å². The van der Waals surface area contributed by atoms with Crippen molar-refractivity contribution in [2.75, 3.05) is 13.2 Å². The van der Waals surface area contributed by atoms with Gasteiger partial charge in [0, 0.05) is 19.5 Å². The van der Waals surface area contributed by atoms with Crippen molar-refractivity contribution in [1.82, 2.24) is 10.2 Å². The van der Waals surface area contributed by atoms with Gasteiger partial charge in [0.25, 0.3) is 5.91 Å². The van der Waals surface area contributed by atoms with Crippen LogP contribution in [-0.4, -0.2) is 35.9 Å². The SMILES string of the molecule is CCCNC(=O)C(Cc1ccccc1)N(Cc1ccc(F)cc1)C(=O)COc1ccccc1C. The van der Waals surface area contributed by atoms with Crippen LogP contribution in [0.2, 0.25) is 0 Å². The number of para-hydroxylation sites is 1. The van der Waals surface area contributed by atoms with Crippen LogP contribution in [0.3, 0.4) is 0 Å². The molecular weight excluding hydrogens is 431 g/mol. The third-order valence-corrected chi connectivity index (χ3v) is 5.53. The Labute approximate surface area is 200 Å². The molecule has 0 heterocycles. The van der Waals surface area contributed by atoms with Gasteiger partial charge in [0.05, 0.1) is 0 Å². The zero-order chi connectivity index (χ0) is 24.3. The molecule has 0 fully saturated rings. The van der Waals surface area contributed by atoms with Gasteiger partial charge in [-0.15, -0.1) is 0 Å². The first kappa shape index (κ1) is 25.0. The van der Waals surface area contributed by atoms with Crippen molar-refractivity contribution in [3.8, 4) is 5.75 Å². The zero-order valence-electron chi connectivity index (χ0n) is 19.7. The quantitative estimate of drug-likeness (QED) is 0.450. The largest absolute Gasteiger partial charge is 0.484 e. The minimum absolute atomic E-state index is 0.160. The van der Waals surface area contributed by atoms with Crippen LogP contribution in [0.1, 0.15) is 30.0 Å². The number of nitrogens with zero attached hydrogens (tertiary/aromatic N) is 1. The summed E-state index contributed by atoms with van der Waals surface area (Å²) in [5.41, 5.74) is 2.59. The van der Waals surface area contributed by atoms with Gasteiger partial charge in [-0.25, -0.2) is 4.39 Å². The smallest absolute Gasteiger partial charge is 0.261 e. The molecule has 1 unspecified atom stereocenters. The Bertz CT molecular complexity index is 1070. The van der Waals surface area contributed by atoms with Crippen LogP contribution >= 0.6 is 0 Å². The molecule has 3 aromatic rings. The number of hydrogen-bond donors (Lipinski definition) is 1. The summed E-state index contributed by atoms with van der Waals surface area (Å²) in [7, 11) is 0. The molecule has 5 nitrogen and oxygen atoms in total. The van der Waals surface area contributed by atoms with E-state index in [9.17, 15) is 14.0 Å². The Balaban J connectivity index is 1.89. The second-order valence-corrected chi connectivity index (χ2v) is 8.20. The first-order chi connectivity index (χ1) is 16.5. The molecule has 0 spiro atoms. The lowest BCUT2D eigenvalue weighted by molar-refractivity contribution is -0.142. The maximum Gasteiger partial charge on any atom is 0.261 e. The maximum atomic E-state index is 13.5. The molecule has 0 aromatic heterocycles. The number of halogens is 1. The molecule has 0 saturated heterocycles. The van der Waals surface area contributed by atoms with Crippen molar-refractivity contribution in [2.45, 2.75) is 39.3 Å². The molecular formula is C28H31FN2O3. The number of benzene rings is 3. The van der Waals surface area contributed by atoms with Crippen molar-refractivity contribution < 1.29 is 18.7 Å². The van der Waals surface area contributed by atoms with Crippen LogP contribution in [0.25, 0.3) is 0 Å². The van der Waals surface area contributed by atoms with E-state index in [0.29, 0.717) is 18.7 Å². The lowest BCUT2D eigenvalue weighted by Crippen LogP contribution is -2.51. The van der Waals surface area contributed by atoms with E-state index >= 15 is 0 Å². The fourth-order valence-corrected chi connectivity index (χ4v) is 3.65. The van der Waals surface area contributed by atoms with Crippen molar-refractivity contribution in [3.05, 3.63) is 101 Å². The highest BCUT2D eigenvalue weighted by atomic mass is 19.1. The number of aryl methyl sites for hydroxylation is 1. The predicted molar refractivity (Wildman–Crippen MR) is 131 cm³/mol. The Morgan fingerprint density at radius 1 is 0.941 bits per heavy atom. The third kappa shape index (κ3) is 7.17. The molecule has 3 rings (SSSR count). The van der Waals surface area contributed by atoms with Crippen LogP contribution in [-0.2, 0) is 22.6 Å². The van der Waals surface area contributed by atoms with Gasteiger partial charge in [-0.05, 0) is 48.2 Å². The number of ether oxygens (including phenoxy) is 1. The summed E-state index contributed by atoms with van der Waals surface area (Å²) < 4.78 is 19.3. The second kappa shape index (κ2) is 12.5. The predicted octanol–water partition coefficient (Wildman–Crippen LogP) is 4.68. The fraction of sp³-hybridized carbons (Fsp3) is 0.286. The van der Waals surface area contributed by atoms with Crippen LogP contribution in [0, 0.1) is 12.7 Å². The molecule has 178 valence electrons. The van der Waals surface area contributed by atoms with Gasteiger partial charge in [0.2, 0.25) is 5.91 Å². The molecule has 3 aromatic carbocycles. The van der Waals surface area contributed by atoms with E-state index in [4.69, 9.17) is 4.74 Å². The molecule has 0 saturated carbocycles. The highest BCUT2D eigenvalue weighted by molar-refractivity contribution is 5.88. The molecule has 6 heteroatoms. The van der Waals surface area contributed by atoms with E-state index in [1.54, 1.807) is 12.1 Å². The highest BCUT2D eigenvalue weighted by Crippen LogP contribution is 2.19. The number of rotatable bonds is 11. The number of hydrogen-bond acceptors (Lipinski definition) is 3. The molecule has 1 N–H and O–H groups in total. The van der Waals surface area contributed by atoms with E-state index in [1.807, 2.05) is 68.4 Å². The van der Waals surface area contributed by atoms with Gasteiger partial charge < -0.3 is 15.0 Å². The van der Waals surface area contributed by atoms with Gasteiger partial charge in [0.1, 0.15) is 17.6 Å². The number of carbonyl (C=O) groups is 2. The molecule has 2 amide bonds. The molecule has 34 heavy (non-hydrogen) atoms. The number of nitrogens with one attached hydrogen (secondary N) is 1. The lowest BCUT2D eigenvalue weighted by Gasteiger charge is -2.31. The van der Waals surface area contributed by atoms with Crippen LogP contribution in [0.4, 0.5) is 4.39 Å². The Morgan fingerprint density at radius 3 is 2.29 bits per heavy atom. The maximum absolute atomic E-state index is 13.5. The normalized spacial score (nSPS) is 11.5. The highest BCUT2D eigenvalue weighted by Gasteiger charge is 2.30. The van der Waals surface area contributed by atoms with Crippen molar-refractivity contribution in [3.63, 3.8) is 0 Å². The summed E-state index contributed by atoms with van der Waals surface area (Å²) >= 11 is 0. The van der Waals surface area contributed by atoms with Crippen LogP contribution in [0.5, 0.6) is 5.75 Å². The summed E-state index contributed by atoms with van der Waals surface area (Å²) in [5.74, 6) is -0.282. The minimum Gasteiger partial charge on any atom is -0.484 e. The van der Waals surface area contributed by atoms with Crippen molar-refractivity contribution >= 4 is 11.8 Å². The van der Waals surface area contributed by atoms with Gasteiger partial charge in [-0.3, -0.25) is 9.59 Å². The summed E-state index contributed by atoms with van der Waals surface area (Å²) in [6, 6.07) is 22.3. The fourth-order valence-electron chi connectivity index (χ4n) is 3.65. The van der Waals surface area contributed by atoms with Crippen LogP contribution < -0.4 is 10.1 Å². The van der Waals surface area contributed by atoms with E-state index < -0.39 is 6.04 Å². The molecule has 0 aliphatic rings. The zero-order valence-corrected chi connectivity index (χ0v) is 19.7. The monoisotopic (exact) mass is 462 g/mol. The number of amides is 2. The topological polar surface area (TPSA) is 58.6 Å². The number of carbonyl (C=O) groups excluding carboxylic acids is 2. The van der Waals surface area contributed by atoms with Crippen molar-refractivity contribution in [2.24, 2.45) is 0 Å². The standard InChI is InChI=1S/C28H31FN2O3/c1-3-17-30-28(33)25(18-22-10-5-4-6-11-22)31(19-23-13-15-24(29)16-14-23)27(32)20-34-26-12-8-7-9-21(26)2/h4-16,25H,3,17-20H2,1-2H3,(H,30,33). The first-order valence-corrected chi connectivity index (χ1v) is 11.5. The lowest BCUT2D eigenvalue weighted by atomic mass is 10.0. The summed E-state index contributed by atoms with van der Waals surface area (Å²) in [6.45, 7) is 4.35. The van der Waals surface area contributed by atoms with Crippen LogP contribution in [0.15, 0.2) is 78.9 Å². The summed E-state index contributed by atoms with van der Waals surface area (Å²) in [5, 5.41) is 2.93. The average molecular weight is 463 g/mol. The second-order valence-electron chi connectivity index (χ2n) is 8.20. The molecule has 0 bridgehead atoms. The van der Waals surface area contributed by atoms with E-state index in [2.05, 4.69) is 5.32 Å². The van der Waals surface area contributed by atoms with Crippen molar-refractivity contribution in [1.29, 1.82) is 0 Å². The third-order valence-electron chi connectivity index (χ3n) is 5.53. The Hall–Kier alpha value is -3.67. The minimum atomic E-state index is -0.744. The summed E-state index contributed by atoms with van der Waals surface area (Å²) in [6.07, 6.45) is 1.14. The Morgan fingerprint density at radius 2 is 1.62 bits per heavy atom. The Kier molecular flexibility index (Phi) is 9.21. The average Bonchev–Trinajstić information content (AvgIpc) is 2.85. The van der Waals surface area contributed by atoms with E-state index in [1.165, 1.54) is 17.0 Å². The van der Waals surface area contributed by atoms with Gasteiger partial charge in [-0.2, -0.15) is 0 Å². The molecule has 0 aliphatic carbocycles. The van der Waals surface area contributed by atoms with Gasteiger partial charge in [-0.1, -0.05) is 67.6 Å². The van der Waals surface area contributed by atoms with Gasteiger partial charge in [0.15, 0.2) is 6.61 Å². The molecule has 1 atom stereocenters. The van der Waals surface area contributed by atoms with Gasteiger partial charge >= 0.3 is 0 Å². The molecule has 0 aliphatic heterocycles.